The second kappa shape index (κ2) is 59.9. The molecular formula is C129H153Br7MgO8. The molecule has 1 spiro atoms. The topological polar surface area (TPSA) is 92.7 Å². The van der Waals surface area contributed by atoms with Crippen LogP contribution in [0.15, 0.2) is 221 Å². The summed E-state index contributed by atoms with van der Waals surface area (Å²) in [5, 5.41) is 13.1. The Balaban J connectivity index is 0.000000194. The molecule has 0 saturated heterocycles. The summed E-state index contributed by atoms with van der Waals surface area (Å²) in [6.07, 6.45) is 44.8. The van der Waals surface area contributed by atoms with Crippen molar-refractivity contribution in [2.24, 2.45) is 0 Å². The molecule has 0 amide bonds. The molecule has 0 aliphatic heterocycles. The quantitative estimate of drug-likeness (QED) is 0.0229. The van der Waals surface area contributed by atoms with E-state index in [9.17, 15) is 9.90 Å². The van der Waals surface area contributed by atoms with Crippen molar-refractivity contribution in [1.82, 2.24) is 0 Å². The predicted molar refractivity (Wildman–Crippen MR) is 628 cm³/mol. The van der Waals surface area contributed by atoms with E-state index in [4.69, 9.17) is 28.4 Å². The van der Waals surface area contributed by atoms with Crippen LogP contribution in [0.5, 0.6) is 34.5 Å². The molecule has 0 bridgehead atoms. The van der Waals surface area contributed by atoms with Gasteiger partial charge in [-0.15, -0.1) is 34.9 Å². The van der Waals surface area contributed by atoms with Crippen molar-refractivity contribution in [1.29, 1.82) is 0 Å². The van der Waals surface area contributed by atoms with Gasteiger partial charge in [-0.05, 0) is 269 Å². The molecule has 0 fully saturated rings. The van der Waals surface area contributed by atoms with E-state index < -0.39 is 11.0 Å². The number of ketones is 1. The Morgan fingerprint density at radius 1 is 0.241 bits per heavy atom. The van der Waals surface area contributed by atoms with Crippen LogP contribution >= 0.6 is 95.6 Å². The molecule has 0 heterocycles. The molecular weight excluding hydrogens is 2260 g/mol. The molecule has 16 heteroatoms. The molecule has 0 aromatic heterocycles. The molecule has 1 N–H and O–H groups in total. The molecule has 145 heavy (non-hydrogen) atoms. The Morgan fingerprint density at radius 3 is 0.883 bits per heavy atom. The summed E-state index contributed by atoms with van der Waals surface area (Å²) in [5.74, 6) is 5.18. The number of hydrogen-bond donors (Lipinski definition) is 1. The molecule has 8 nitrogen and oxygen atoms in total. The summed E-state index contributed by atoms with van der Waals surface area (Å²) < 4.78 is 44.5. The van der Waals surface area contributed by atoms with Crippen LogP contribution in [0.1, 0.15) is 361 Å². The van der Waals surface area contributed by atoms with Gasteiger partial charge in [-0.1, -0.05) is 428 Å². The smallest absolute Gasteiger partial charge is 1.00 e. The minimum Gasteiger partial charge on any atom is -1.00 e. The molecule has 12 aromatic rings. The van der Waals surface area contributed by atoms with Gasteiger partial charge in [0.1, 0.15) is 5.60 Å². The normalized spacial score (nSPS) is 12.4. The minimum absolute atomic E-state index is 0. The molecule has 0 saturated carbocycles. The van der Waals surface area contributed by atoms with E-state index in [1.54, 1.807) is 0 Å². The first-order valence-corrected chi connectivity index (χ1v) is 58.8. The summed E-state index contributed by atoms with van der Waals surface area (Å²) in [4.78, 5) is 12.2. The molecule has 0 radical (unpaired) electrons. The first-order valence-electron chi connectivity index (χ1n) is 54.0. The number of rotatable bonds is 51. The molecule has 4 aliphatic carbocycles. The third-order valence-electron chi connectivity index (χ3n) is 29.1. The maximum atomic E-state index is 13.1. The average Bonchev–Trinajstić information content (AvgIpc) is 1.50. The Kier molecular flexibility index (Phi) is 48.9. The van der Waals surface area contributed by atoms with Crippen molar-refractivity contribution in [3.8, 4) is 101 Å². The van der Waals surface area contributed by atoms with Crippen molar-refractivity contribution in [2.75, 3.05) is 39.6 Å². The van der Waals surface area contributed by atoms with Crippen LogP contribution in [-0.2, 0) is 11.0 Å². The van der Waals surface area contributed by atoms with Crippen molar-refractivity contribution >= 4 is 124 Å². The van der Waals surface area contributed by atoms with Crippen LogP contribution in [-0.4, -0.2) is 73.6 Å². The van der Waals surface area contributed by atoms with Gasteiger partial charge in [-0.2, -0.15) is 0 Å². The van der Waals surface area contributed by atoms with Crippen LogP contribution in [0.3, 0.4) is 0 Å². The molecule has 4 aliphatic rings. The Bertz CT molecular complexity index is 6060. The molecule has 0 atom stereocenters. The molecule has 768 valence electrons. The number of unbranched alkanes of at least 4 members (excludes halogenated alkanes) is 30. The second-order valence-electron chi connectivity index (χ2n) is 40.0. The van der Waals surface area contributed by atoms with Crippen molar-refractivity contribution in [3.63, 3.8) is 0 Å². The maximum absolute atomic E-state index is 13.1. The zero-order valence-electron chi connectivity index (χ0n) is 88.3. The van der Waals surface area contributed by atoms with Crippen molar-refractivity contribution in [2.45, 2.75) is 325 Å². The van der Waals surface area contributed by atoms with Crippen molar-refractivity contribution in [3.05, 3.63) is 310 Å². The Morgan fingerprint density at radius 2 is 0.503 bits per heavy atom. The van der Waals surface area contributed by atoms with Crippen LogP contribution < -0.4 is 45.4 Å². The Labute approximate surface area is 946 Å². The fourth-order valence-corrected chi connectivity index (χ4v) is 22.8. The first kappa shape index (κ1) is 118. The van der Waals surface area contributed by atoms with Crippen LogP contribution in [0, 0.1) is 47.6 Å². The van der Waals surface area contributed by atoms with Crippen molar-refractivity contribution < 1.29 is 55.3 Å². The van der Waals surface area contributed by atoms with E-state index in [2.05, 4.69) is 342 Å². The summed E-state index contributed by atoms with van der Waals surface area (Å²) >= 11 is 21.9. The van der Waals surface area contributed by atoms with E-state index >= 15 is 0 Å². The minimum atomic E-state index is -1.35. The molecule has 0 unspecified atom stereocenters. The first-order chi connectivity index (χ1) is 69.5. The van der Waals surface area contributed by atoms with E-state index in [1.165, 1.54) is 265 Å². The van der Waals surface area contributed by atoms with Gasteiger partial charge in [0, 0.05) is 54.7 Å². The number of benzene rings is 12. The van der Waals surface area contributed by atoms with E-state index in [1.807, 2.05) is 36.4 Å². The van der Waals surface area contributed by atoms with Gasteiger partial charge < -0.3 is 50.5 Å². The van der Waals surface area contributed by atoms with Gasteiger partial charge in [0.05, 0.1) is 45.1 Å². The SMILES string of the molecule is CCCCCCCCOc1cc2c(cc1OCCCCCCCC)C1(c3cc(Br)ccc3-c3ccc(Br)cc31)c1cc(C)c(C)cc1-2.CCCCCCCCOc1ccc(-c2[c-]cc(C)c(C)c2)cc1OCCCCCCCC.CCCCCCCCOc1ccc(-c2cc(C)c(C)cc2C2(O)c3cc(Br)ccc3-c3ccc(Br)cc32)cc1OCCCCCCCC.O=C1c2cc(Br)ccc2-c2ccc(Br)cc21.[Br-].[Mg+2]. The van der Waals surface area contributed by atoms with Gasteiger partial charge in [0.15, 0.2) is 40.3 Å². The summed E-state index contributed by atoms with van der Waals surface area (Å²) in [7, 11) is 0. The third kappa shape index (κ3) is 30.6. The number of aryl methyl sites for hydroxylation is 6. The average molecular weight is 2420 g/mol. The van der Waals surface area contributed by atoms with Gasteiger partial charge in [0.2, 0.25) is 0 Å². The fraction of sp³-hybridized carbons (Fsp3) is 0.434. The number of carbonyl (C=O) groups excluding carboxylic acids is 1. The number of aliphatic hydroxyl groups is 1. The zero-order valence-corrected chi connectivity index (χ0v) is 101. The Hall–Kier alpha value is -6.80. The van der Waals surface area contributed by atoms with E-state index in [0.29, 0.717) is 19.8 Å². The van der Waals surface area contributed by atoms with Crippen LogP contribution in [0.2, 0.25) is 0 Å². The number of carbonyl (C=O) groups is 1. The van der Waals surface area contributed by atoms with Gasteiger partial charge in [-0.3, -0.25) is 4.79 Å². The predicted octanol–water partition coefficient (Wildman–Crippen LogP) is 37.2. The standard InChI is InChI=1S/C43H52Br2O3.C43H50Br2O2.C30H45O2.C13H6Br2O.BrH.Mg/c1-5-7-9-11-13-15-23-47-41-22-17-32(27-42(41)48-24-16-14-12-10-8-6-2)37-25-30(3)31(4)26-38(37)43(46)39-28-33(44)18-20-35(39)36-21-19-34(45)29-40(36)43;1-5-7-9-11-13-15-21-46-41-27-36-35-23-29(3)30(4)24-37(35)43(40(36)28-42(41)47-22-16-14-12-10-8-6-2)38-25-31(44)17-19-33(38)34-20-18-32(45)26-39(34)43;1-5-7-9-11-13-15-21-31-29-20-19-28(27-18-17-25(3)26(4)23-27)24-30(29)32-22-16-14-12-10-8-6-2;14-7-1-3-9-10-4-2-8(15)6-12(10)13(16)11(9)5-7;;/h17-22,25-29,46H,5-16,23-24H2,1-4H3;17-20,23-28H,5-16,21-22H2,1-4H3;17,19-20,23-24H,5-16,21-22H2,1-4H3;1-6H;1H;/q;;-1;;;+2/p-1. The monoisotopic (exact) mass is 2410 g/mol. The van der Waals surface area contributed by atoms with Gasteiger partial charge >= 0.3 is 23.1 Å². The third-order valence-corrected chi connectivity index (χ3v) is 32.1. The molecule has 16 rings (SSSR count). The zero-order chi connectivity index (χ0) is 101. The second-order valence-corrected chi connectivity index (χ2v) is 45.5. The van der Waals surface area contributed by atoms with Gasteiger partial charge in [-0.25, -0.2) is 0 Å². The summed E-state index contributed by atoms with van der Waals surface area (Å²) in [5.41, 5.74) is 28.7. The van der Waals surface area contributed by atoms with Gasteiger partial charge in [0.25, 0.3) is 0 Å². The van der Waals surface area contributed by atoms with E-state index in [-0.39, 0.29) is 45.8 Å². The van der Waals surface area contributed by atoms with Crippen LogP contribution in [0.4, 0.5) is 0 Å². The number of fused-ring (bicyclic) bond motifs is 16. The largest absolute Gasteiger partial charge is 2.00 e. The summed E-state index contributed by atoms with van der Waals surface area (Å²) in [6.45, 7) is 30.9. The van der Waals surface area contributed by atoms with Crippen LogP contribution in [0.25, 0.3) is 66.8 Å². The fourth-order valence-electron chi connectivity index (χ4n) is 20.6. The number of hydrogen-bond acceptors (Lipinski definition) is 8. The van der Waals surface area contributed by atoms with E-state index in [0.717, 1.165) is 198 Å². The number of ether oxygens (including phenoxy) is 6. The number of halogens is 7. The summed E-state index contributed by atoms with van der Waals surface area (Å²) in [6, 6.07) is 72.0. The maximum Gasteiger partial charge on any atom is 2.00 e. The molecule has 12 aromatic carbocycles.